The summed E-state index contributed by atoms with van der Waals surface area (Å²) in [6.45, 7) is 7.82. The third-order valence-corrected chi connectivity index (χ3v) is 7.04. The average molecular weight is 529 g/mol. The van der Waals surface area contributed by atoms with Crippen LogP contribution in [0.25, 0.3) is 6.08 Å². The highest BCUT2D eigenvalue weighted by Gasteiger charge is 2.33. The highest BCUT2D eigenvalue weighted by Crippen LogP contribution is 2.31. The van der Waals surface area contributed by atoms with Crippen molar-refractivity contribution >= 4 is 46.6 Å². The summed E-state index contributed by atoms with van der Waals surface area (Å²) in [6, 6.07) is 11.7. The van der Waals surface area contributed by atoms with Gasteiger partial charge >= 0.3 is 5.97 Å². The van der Waals surface area contributed by atoms with E-state index in [1.54, 1.807) is 31.2 Å². The molecule has 0 saturated heterocycles. The molecule has 1 unspecified atom stereocenters. The molecule has 9 heteroatoms. The van der Waals surface area contributed by atoms with Crippen LogP contribution in [0.2, 0.25) is 10.0 Å². The lowest BCUT2D eigenvalue weighted by molar-refractivity contribution is -0.138. The van der Waals surface area contributed by atoms with Crippen molar-refractivity contribution in [3.8, 4) is 5.75 Å². The number of benzene rings is 2. The number of thiazole rings is 1. The zero-order chi connectivity index (χ0) is 25.1. The Morgan fingerprint density at radius 2 is 1.94 bits per heavy atom. The lowest BCUT2D eigenvalue weighted by Gasteiger charge is -2.24. The molecule has 0 aliphatic carbocycles. The molecule has 0 amide bonds. The fourth-order valence-corrected chi connectivity index (χ4v) is 5.13. The van der Waals surface area contributed by atoms with Crippen LogP contribution in [0.3, 0.4) is 0 Å². The van der Waals surface area contributed by atoms with Crippen molar-refractivity contribution in [2.75, 3.05) is 13.2 Å². The smallest absolute Gasteiger partial charge is 0.338 e. The number of allylic oxidation sites excluding steroid dienone is 1. The number of hydrogen-bond donors (Lipinski definition) is 0. The highest BCUT2D eigenvalue weighted by atomic mass is 35.5. The highest BCUT2D eigenvalue weighted by molar-refractivity contribution is 7.07. The van der Waals surface area contributed by atoms with Crippen molar-refractivity contribution in [1.82, 2.24) is 4.57 Å². The number of halogens is 2. The first-order valence-corrected chi connectivity index (χ1v) is 12.4. The first-order valence-electron chi connectivity index (χ1n) is 10.8. The van der Waals surface area contributed by atoms with Crippen molar-refractivity contribution < 1.29 is 14.3 Å². The topological polar surface area (TPSA) is 69.9 Å². The van der Waals surface area contributed by atoms with E-state index in [1.165, 1.54) is 22.0 Å². The Bertz CT molecular complexity index is 1500. The Hall–Kier alpha value is -3.13. The Kier molecular flexibility index (Phi) is 7.60. The van der Waals surface area contributed by atoms with Crippen molar-refractivity contribution in [1.29, 1.82) is 0 Å². The summed E-state index contributed by atoms with van der Waals surface area (Å²) in [7, 11) is 0. The minimum Gasteiger partial charge on any atom is -0.494 e. The first-order chi connectivity index (χ1) is 16.8. The Morgan fingerprint density at radius 3 is 2.60 bits per heavy atom. The Balaban J connectivity index is 1.90. The molecule has 0 radical (unpaired) electrons. The van der Waals surface area contributed by atoms with Gasteiger partial charge in [-0.25, -0.2) is 9.79 Å². The maximum atomic E-state index is 13.6. The lowest BCUT2D eigenvalue weighted by atomic mass is 9.96. The second-order valence-electron chi connectivity index (χ2n) is 7.64. The molecule has 1 aliphatic heterocycles. The molecule has 180 valence electrons. The molecule has 3 aromatic rings. The lowest BCUT2D eigenvalue weighted by Crippen LogP contribution is -2.39. The molecule has 2 heterocycles. The summed E-state index contributed by atoms with van der Waals surface area (Å²) >= 11 is 13.4. The monoisotopic (exact) mass is 528 g/mol. The van der Waals surface area contributed by atoms with Crippen LogP contribution in [-0.4, -0.2) is 23.8 Å². The molecule has 0 N–H and O–H groups in total. The first kappa shape index (κ1) is 25.0. The van der Waals surface area contributed by atoms with Crippen LogP contribution in [0.5, 0.6) is 5.75 Å². The van der Waals surface area contributed by atoms with Gasteiger partial charge in [0, 0.05) is 0 Å². The average Bonchev–Trinajstić information content (AvgIpc) is 3.14. The zero-order valence-corrected chi connectivity index (χ0v) is 21.4. The Morgan fingerprint density at radius 1 is 1.20 bits per heavy atom. The summed E-state index contributed by atoms with van der Waals surface area (Å²) in [4.78, 5) is 31.7. The second kappa shape index (κ2) is 10.6. The molecule has 2 aromatic carbocycles. The van der Waals surface area contributed by atoms with Gasteiger partial charge in [-0.15, -0.1) is 0 Å². The number of esters is 1. The van der Waals surface area contributed by atoms with Gasteiger partial charge < -0.3 is 9.47 Å². The largest absolute Gasteiger partial charge is 0.494 e. The van der Waals surface area contributed by atoms with Crippen molar-refractivity contribution in [2.45, 2.75) is 19.9 Å². The molecule has 4 rings (SSSR count). The van der Waals surface area contributed by atoms with E-state index < -0.39 is 12.0 Å². The summed E-state index contributed by atoms with van der Waals surface area (Å²) < 4.78 is 12.9. The van der Waals surface area contributed by atoms with Gasteiger partial charge in [-0.05, 0) is 55.3 Å². The SMILES string of the molecule is C=CCOC(=O)C1=C(C)N=c2s/c(=C\c3ccc(Cl)c(Cl)c3)c(=O)n2C1c1ccc(OCC)cc1. The van der Waals surface area contributed by atoms with Gasteiger partial charge in [-0.1, -0.05) is 65.4 Å². The van der Waals surface area contributed by atoms with Crippen molar-refractivity contribution in [3.05, 3.63) is 107 Å². The van der Waals surface area contributed by atoms with Gasteiger partial charge in [0.05, 0.1) is 38.5 Å². The second-order valence-corrected chi connectivity index (χ2v) is 9.47. The summed E-state index contributed by atoms with van der Waals surface area (Å²) in [6.07, 6.45) is 3.22. The summed E-state index contributed by atoms with van der Waals surface area (Å²) in [5, 5.41) is 0.822. The minimum absolute atomic E-state index is 0.0490. The molecule has 1 aromatic heterocycles. The number of aromatic nitrogens is 1. The third-order valence-electron chi connectivity index (χ3n) is 5.32. The number of carbonyl (C=O) groups excluding carboxylic acids is 1. The normalized spacial score (nSPS) is 15.4. The molecule has 6 nitrogen and oxygen atoms in total. The van der Waals surface area contributed by atoms with E-state index in [4.69, 9.17) is 32.7 Å². The molecular formula is C26H22Cl2N2O4S. The predicted octanol–water partition coefficient (Wildman–Crippen LogP) is 4.67. The number of hydrogen-bond acceptors (Lipinski definition) is 6. The van der Waals surface area contributed by atoms with Crippen LogP contribution in [0.1, 0.15) is 31.0 Å². The zero-order valence-electron chi connectivity index (χ0n) is 19.1. The summed E-state index contributed by atoms with van der Waals surface area (Å²) in [5.74, 6) is 0.142. The van der Waals surface area contributed by atoms with E-state index in [9.17, 15) is 9.59 Å². The number of nitrogens with zero attached hydrogens (tertiary/aromatic N) is 2. The van der Waals surface area contributed by atoms with Gasteiger partial charge in [0.1, 0.15) is 12.4 Å². The molecule has 1 atom stereocenters. The van der Waals surface area contributed by atoms with Crippen LogP contribution in [0.15, 0.2) is 76.2 Å². The molecule has 0 bridgehead atoms. The molecule has 0 saturated carbocycles. The van der Waals surface area contributed by atoms with E-state index >= 15 is 0 Å². The van der Waals surface area contributed by atoms with Gasteiger partial charge in [0.25, 0.3) is 5.56 Å². The number of fused-ring (bicyclic) bond motifs is 1. The molecule has 0 spiro atoms. The molecular weight excluding hydrogens is 507 g/mol. The fraction of sp³-hybridized carbons (Fsp3) is 0.192. The van der Waals surface area contributed by atoms with Crippen molar-refractivity contribution in [2.24, 2.45) is 4.99 Å². The van der Waals surface area contributed by atoms with E-state index in [1.807, 2.05) is 31.2 Å². The van der Waals surface area contributed by atoms with E-state index in [0.29, 0.717) is 43.0 Å². The van der Waals surface area contributed by atoms with Crippen LogP contribution in [0.4, 0.5) is 0 Å². The molecule has 35 heavy (non-hydrogen) atoms. The minimum atomic E-state index is -0.713. The van der Waals surface area contributed by atoms with E-state index in [0.717, 1.165) is 11.1 Å². The number of carbonyl (C=O) groups is 1. The Labute approximate surface area is 216 Å². The summed E-state index contributed by atoms with van der Waals surface area (Å²) in [5.41, 5.74) is 1.96. The number of ether oxygens (including phenoxy) is 2. The van der Waals surface area contributed by atoms with Crippen molar-refractivity contribution in [3.63, 3.8) is 0 Å². The number of rotatable bonds is 7. The quantitative estimate of drug-likeness (QED) is 0.330. The molecule has 0 fully saturated rings. The third kappa shape index (κ3) is 5.12. The van der Waals surface area contributed by atoms with Gasteiger partial charge in [0.15, 0.2) is 4.80 Å². The van der Waals surface area contributed by atoms with Crippen LogP contribution in [-0.2, 0) is 9.53 Å². The van der Waals surface area contributed by atoms with Gasteiger partial charge in [-0.2, -0.15) is 0 Å². The van der Waals surface area contributed by atoms with Crippen LogP contribution in [0, 0.1) is 0 Å². The maximum Gasteiger partial charge on any atom is 0.338 e. The predicted molar refractivity (Wildman–Crippen MR) is 139 cm³/mol. The van der Waals surface area contributed by atoms with E-state index in [-0.39, 0.29) is 12.2 Å². The fourth-order valence-electron chi connectivity index (χ4n) is 3.78. The molecule has 1 aliphatic rings. The van der Waals surface area contributed by atoms with E-state index in [2.05, 4.69) is 11.6 Å². The maximum absolute atomic E-state index is 13.6. The van der Waals surface area contributed by atoms with Crippen LogP contribution < -0.4 is 19.6 Å². The van der Waals surface area contributed by atoms with Gasteiger partial charge in [0.2, 0.25) is 0 Å². The van der Waals surface area contributed by atoms with Gasteiger partial charge in [-0.3, -0.25) is 9.36 Å². The standard InChI is InChI=1S/C26H22Cl2N2O4S/c1-4-12-34-25(32)22-15(3)29-26-30(23(22)17-7-9-18(10-8-17)33-5-2)24(31)21(35-26)14-16-6-11-19(27)20(28)13-16/h4,6-11,13-14,23H,1,5,12H2,2-3H3/b21-14-. The van der Waals surface area contributed by atoms with Crippen LogP contribution >= 0.6 is 34.5 Å².